The Hall–Kier alpha value is -1.19. The van der Waals surface area contributed by atoms with Crippen molar-refractivity contribution in [2.24, 2.45) is 0 Å². The molecule has 0 N–H and O–H groups in total. The van der Waals surface area contributed by atoms with E-state index in [2.05, 4.69) is 0 Å². The van der Waals surface area contributed by atoms with Gasteiger partial charge in [0.05, 0.1) is 0 Å². The van der Waals surface area contributed by atoms with Gasteiger partial charge in [-0.05, 0) is 6.42 Å². The SMILES string of the molecule is CCCCCC(F)C(F)(F)C(F)(F)C(F)(F)C(F)(F)C(F)(F)C(F)(F)C(F)(F)[C](F)F. The normalized spacial score (nSPS) is 16.7. The second-order valence-corrected chi connectivity index (χ2v) is 6.29. The third kappa shape index (κ3) is 4.25. The van der Waals surface area contributed by atoms with E-state index >= 15 is 0 Å². The summed E-state index contributed by atoms with van der Waals surface area (Å²) in [6, 6.07) is 0. The molecule has 1 unspecified atom stereocenters. The molecule has 0 fully saturated rings. The summed E-state index contributed by atoms with van der Waals surface area (Å²) in [4.78, 5) is 0. The molecule has 0 heterocycles. The lowest BCUT2D eigenvalue weighted by Gasteiger charge is -2.42. The molecule has 0 aliphatic carbocycles. The number of rotatable bonds is 12. The maximum Gasteiger partial charge on any atom is 0.385 e. The maximum absolute atomic E-state index is 13.5. The average Bonchev–Trinajstić information content (AvgIpc) is 2.60. The van der Waals surface area contributed by atoms with Gasteiger partial charge in [0.25, 0.3) is 0 Å². The molecule has 1 atom stereocenters. The summed E-state index contributed by atoms with van der Waals surface area (Å²) >= 11 is 0. The Balaban J connectivity index is 6.43. The van der Waals surface area contributed by atoms with Crippen molar-refractivity contribution in [3.8, 4) is 0 Å². The van der Waals surface area contributed by atoms with Crippen LogP contribution < -0.4 is 0 Å². The van der Waals surface area contributed by atoms with Gasteiger partial charge in [0, 0.05) is 0 Å². The first-order valence-electron chi connectivity index (χ1n) is 7.90. The first kappa shape index (κ1) is 29.8. The highest BCUT2D eigenvalue weighted by Crippen LogP contribution is 2.63. The molecule has 0 rings (SSSR count). The molecule has 0 aromatic heterocycles. The Kier molecular flexibility index (Phi) is 8.30. The van der Waals surface area contributed by atoms with E-state index < -0.39 is 66.9 Å². The summed E-state index contributed by atoms with van der Waals surface area (Å²) < 4.78 is 222. The fourth-order valence-corrected chi connectivity index (χ4v) is 2.07. The van der Waals surface area contributed by atoms with E-state index in [0.29, 0.717) is 0 Å². The van der Waals surface area contributed by atoms with E-state index in [0.717, 1.165) is 0 Å². The van der Waals surface area contributed by atoms with Gasteiger partial charge in [-0.3, -0.25) is 0 Å². The number of alkyl halides is 15. The highest BCUT2D eigenvalue weighted by Gasteiger charge is 2.94. The van der Waals surface area contributed by atoms with Crippen molar-refractivity contribution in [1.29, 1.82) is 0 Å². The second kappa shape index (κ2) is 8.63. The zero-order valence-corrected chi connectivity index (χ0v) is 14.8. The van der Waals surface area contributed by atoms with Crippen molar-refractivity contribution in [2.75, 3.05) is 0 Å². The number of hydrogen-bond donors (Lipinski definition) is 0. The van der Waals surface area contributed by atoms with Crippen LogP contribution in [0.3, 0.4) is 0 Å². The highest BCUT2D eigenvalue weighted by molar-refractivity contribution is 5.16. The smallest absolute Gasteiger partial charge is 0.241 e. The van der Waals surface area contributed by atoms with Gasteiger partial charge >= 0.3 is 47.9 Å². The molecule has 0 aromatic rings. The van der Waals surface area contributed by atoms with Crippen molar-refractivity contribution in [3.05, 3.63) is 6.43 Å². The van der Waals surface area contributed by atoms with Crippen LogP contribution in [-0.4, -0.2) is 47.6 Å². The molecule has 31 heavy (non-hydrogen) atoms. The van der Waals surface area contributed by atoms with Crippen molar-refractivity contribution in [3.63, 3.8) is 0 Å². The Morgan fingerprint density at radius 3 is 1.29 bits per heavy atom. The van der Waals surface area contributed by atoms with Gasteiger partial charge in [0.1, 0.15) is 0 Å². The van der Waals surface area contributed by atoms with Crippen molar-refractivity contribution in [2.45, 2.75) is 80.2 Å². The maximum atomic E-state index is 13.5. The van der Waals surface area contributed by atoms with Gasteiger partial charge in [-0.15, -0.1) is 0 Å². The second-order valence-electron chi connectivity index (χ2n) is 6.29. The van der Waals surface area contributed by atoms with Crippen LogP contribution in [0.25, 0.3) is 0 Å². The molecule has 0 bridgehead atoms. The molecule has 0 amide bonds. The van der Waals surface area contributed by atoms with E-state index in [1.54, 1.807) is 0 Å². The Morgan fingerprint density at radius 2 is 0.935 bits per heavy atom. The predicted molar refractivity (Wildman–Crippen MR) is 69.1 cm³/mol. The van der Waals surface area contributed by atoms with E-state index in [1.165, 1.54) is 6.92 Å². The molecule has 187 valence electrons. The predicted octanol–water partition coefficient (Wildman–Crippen LogP) is 7.78. The van der Waals surface area contributed by atoms with E-state index in [9.17, 15) is 74.6 Å². The molecule has 0 nitrogen and oxygen atoms in total. The van der Waals surface area contributed by atoms with Gasteiger partial charge in [-0.25, -0.2) is 4.39 Å². The van der Waals surface area contributed by atoms with Crippen molar-refractivity contribution >= 4 is 0 Å². The fourth-order valence-electron chi connectivity index (χ4n) is 2.07. The summed E-state index contributed by atoms with van der Waals surface area (Å²) in [5, 5.41) is 0. The first-order valence-corrected chi connectivity index (χ1v) is 7.90. The standard InChI is InChI=1S/C14H12F17/c1-2-3-4-5-6(15)8(18,19)10(22,23)12(26,27)14(30,31)13(28,29)11(24,25)9(20,21)7(16)17/h6H,2-5H2,1H3. The Bertz CT molecular complexity index is 594. The topological polar surface area (TPSA) is 0 Å². The summed E-state index contributed by atoms with van der Waals surface area (Å²) in [5.74, 6) is -55.8. The van der Waals surface area contributed by atoms with Gasteiger partial charge in [-0.2, -0.15) is 70.2 Å². The molecule has 0 aromatic carbocycles. The monoisotopic (exact) mass is 503 g/mol. The summed E-state index contributed by atoms with van der Waals surface area (Å²) in [5.41, 5.74) is 0. The van der Waals surface area contributed by atoms with Gasteiger partial charge in [-0.1, -0.05) is 26.2 Å². The number of hydrogen-bond acceptors (Lipinski definition) is 0. The zero-order valence-electron chi connectivity index (χ0n) is 14.8. The van der Waals surface area contributed by atoms with Crippen molar-refractivity contribution < 1.29 is 74.6 Å². The molecule has 0 spiro atoms. The quantitative estimate of drug-likeness (QED) is 0.189. The molecule has 0 aliphatic rings. The largest absolute Gasteiger partial charge is 0.385 e. The third-order valence-corrected chi connectivity index (χ3v) is 4.08. The van der Waals surface area contributed by atoms with Crippen LogP contribution in [0, 0.1) is 6.43 Å². The molecule has 1 radical (unpaired) electrons. The van der Waals surface area contributed by atoms with Crippen LogP contribution in [0.4, 0.5) is 74.6 Å². The number of halogens is 17. The molecule has 0 aliphatic heterocycles. The van der Waals surface area contributed by atoms with E-state index in [-0.39, 0.29) is 12.8 Å². The van der Waals surface area contributed by atoms with Gasteiger partial charge in [0.2, 0.25) is 0 Å². The Morgan fingerprint density at radius 1 is 0.581 bits per heavy atom. The van der Waals surface area contributed by atoms with Crippen LogP contribution in [0.2, 0.25) is 0 Å². The molecule has 0 saturated carbocycles. The first-order chi connectivity index (χ1) is 13.4. The Labute approximate surface area is 162 Å². The summed E-state index contributed by atoms with van der Waals surface area (Å²) in [7, 11) is 0. The minimum Gasteiger partial charge on any atom is -0.241 e. The van der Waals surface area contributed by atoms with Crippen LogP contribution in [0.15, 0.2) is 0 Å². The average molecular weight is 503 g/mol. The van der Waals surface area contributed by atoms with Crippen molar-refractivity contribution in [1.82, 2.24) is 0 Å². The third-order valence-electron chi connectivity index (χ3n) is 4.08. The van der Waals surface area contributed by atoms with Crippen LogP contribution >= 0.6 is 0 Å². The molecular weight excluding hydrogens is 491 g/mol. The van der Waals surface area contributed by atoms with Crippen LogP contribution in [-0.2, 0) is 0 Å². The van der Waals surface area contributed by atoms with Crippen LogP contribution in [0.5, 0.6) is 0 Å². The van der Waals surface area contributed by atoms with Gasteiger partial charge in [0.15, 0.2) is 6.17 Å². The summed E-state index contributed by atoms with van der Waals surface area (Å²) in [6.07, 6.45) is -11.8. The van der Waals surface area contributed by atoms with Crippen LogP contribution in [0.1, 0.15) is 32.6 Å². The minimum atomic E-state index is -8.50. The molecule has 17 heteroatoms. The molecule has 0 saturated heterocycles. The van der Waals surface area contributed by atoms with Gasteiger partial charge < -0.3 is 0 Å². The van der Waals surface area contributed by atoms with E-state index in [1.807, 2.05) is 0 Å². The lowest BCUT2D eigenvalue weighted by Crippen LogP contribution is -2.74. The molecular formula is C14H12F17. The lowest BCUT2D eigenvalue weighted by molar-refractivity contribution is -0.445. The van der Waals surface area contributed by atoms with E-state index in [4.69, 9.17) is 0 Å². The minimum absolute atomic E-state index is 0.126. The summed E-state index contributed by atoms with van der Waals surface area (Å²) in [6.45, 7) is 1.37. The number of unbranched alkanes of at least 4 members (excludes halogenated alkanes) is 2. The lowest BCUT2D eigenvalue weighted by atomic mass is 9.87. The zero-order chi connectivity index (χ0) is 25.5. The fraction of sp³-hybridized carbons (Fsp3) is 0.929. The highest BCUT2D eigenvalue weighted by atomic mass is 19.4.